The highest BCUT2D eigenvalue weighted by Crippen LogP contribution is 2.33. The van der Waals surface area contributed by atoms with E-state index in [9.17, 15) is 14.0 Å². The molecular formula is C19H15Cl2FN2O3. The number of halogens is 3. The van der Waals surface area contributed by atoms with Gasteiger partial charge in [-0.2, -0.15) is 0 Å². The smallest absolute Gasteiger partial charge is 0.259 e. The van der Waals surface area contributed by atoms with Crippen molar-refractivity contribution < 1.29 is 18.7 Å². The van der Waals surface area contributed by atoms with Gasteiger partial charge in [0.15, 0.2) is 0 Å². The van der Waals surface area contributed by atoms with Gasteiger partial charge in [-0.15, -0.1) is 0 Å². The van der Waals surface area contributed by atoms with Gasteiger partial charge in [-0.05, 0) is 42.6 Å². The van der Waals surface area contributed by atoms with E-state index in [-0.39, 0.29) is 27.8 Å². The first-order chi connectivity index (χ1) is 12.9. The predicted molar refractivity (Wildman–Crippen MR) is 103 cm³/mol. The molecule has 0 spiro atoms. The summed E-state index contributed by atoms with van der Waals surface area (Å²) in [4.78, 5) is 23.4. The van der Waals surface area contributed by atoms with E-state index in [2.05, 4.69) is 10.6 Å². The molecule has 8 heteroatoms. The maximum absolute atomic E-state index is 13.2. The summed E-state index contributed by atoms with van der Waals surface area (Å²) in [6.45, 7) is 0. The number of allylic oxidation sites excluding steroid dienone is 2. The van der Waals surface area contributed by atoms with Crippen LogP contribution in [0.3, 0.4) is 0 Å². The van der Waals surface area contributed by atoms with Crippen LogP contribution in [-0.4, -0.2) is 19.2 Å². The first-order valence-corrected chi connectivity index (χ1v) is 8.43. The zero-order valence-electron chi connectivity index (χ0n) is 14.1. The summed E-state index contributed by atoms with van der Waals surface area (Å²) in [6.07, 6.45) is 4.80. The molecule has 2 aromatic rings. The van der Waals surface area contributed by atoms with Crippen molar-refractivity contribution >= 4 is 35.4 Å². The first-order valence-electron chi connectivity index (χ1n) is 7.67. The highest BCUT2D eigenvalue weighted by Gasteiger charge is 2.16. The van der Waals surface area contributed by atoms with Crippen molar-refractivity contribution in [2.24, 2.45) is 0 Å². The van der Waals surface area contributed by atoms with Crippen molar-refractivity contribution in [2.75, 3.05) is 7.05 Å². The number of carbonyl (C=O) groups is 2. The lowest BCUT2D eigenvalue weighted by atomic mass is 10.1. The summed E-state index contributed by atoms with van der Waals surface area (Å²) in [7, 11) is 1.68. The Morgan fingerprint density at radius 1 is 1.15 bits per heavy atom. The molecule has 27 heavy (non-hydrogen) atoms. The molecule has 5 nitrogen and oxygen atoms in total. The third-order valence-electron chi connectivity index (χ3n) is 3.24. The Bertz CT molecular complexity index is 914. The van der Waals surface area contributed by atoms with Crippen LogP contribution < -0.4 is 15.4 Å². The zero-order valence-corrected chi connectivity index (χ0v) is 15.6. The molecule has 0 radical (unpaired) electrons. The highest BCUT2D eigenvalue weighted by molar-refractivity contribution is 6.32. The topological polar surface area (TPSA) is 67.4 Å². The Hall–Kier alpha value is -2.83. The van der Waals surface area contributed by atoms with Crippen LogP contribution in [0.15, 0.2) is 60.4 Å². The number of nitrogens with one attached hydrogen (secondary N) is 2. The minimum absolute atomic E-state index is 0.0415. The second kappa shape index (κ2) is 9.75. The molecule has 2 aromatic carbocycles. The van der Waals surface area contributed by atoms with Gasteiger partial charge in [0.1, 0.15) is 23.6 Å². The first kappa shape index (κ1) is 20.5. The largest absolute Gasteiger partial charge is 0.455 e. The van der Waals surface area contributed by atoms with Crippen LogP contribution in [0.4, 0.5) is 4.39 Å². The monoisotopic (exact) mass is 408 g/mol. The van der Waals surface area contributed by atoms with Crippen LogP contribution in [0, 0.1) is 5.82 Å². The van der Waals surface area contributed by atoms with Gasteiger partial charge in [-0.25, -0.2) is 4.39 Å². The number of hydrogen-bond donors (Lipinski definition) is 2. The molecule has 0 atom stereocenters. The van der Waals surface area contributed by atoms with Crippen molar-refractivity contribution in [1.82, 2.24) is 10.6 Å². The SMILES string of the molecule is CN/C=C\C(=C/C=O)NC(=O)c1ccc(Cl)cc1Oc1ccc(F)cc1Cl. The second-order valence-electron chi connectivity index (χ2n) is 5.15. The van der Waals surface area contributed by atoms with Gasteiger partial charge in [0.05, 0.1) is 10.6 Å². The van der Waals surface area contributed by atoms with Gasteiger partial charge < -0.3 is 15.4 Å². The van der Waals surface area contributed by atoms with Crippen LogP contribution in [0.1, 0.15) is 10.4 Å². The molecule has 140 valence electrons. The molecule has 0 fully saturated rings. The van der Waals surface area contributed by atoms with E-state index in [1.54, 1.807) is 13.2 Å². The van der Waals surface area contributed by atoms with Crippen molar-refractivity contribution in [1.29, 1.82) is 0 Å². The lowest BCUT2D eigenvalue weighted by Crippen LogP contribution is -2.22. The average molecular weight is 409 g/mol. The lowest BCUT2D eigenvalue weighted by Gasteiger charge is -2.13. The summed E-state index contributed by atoms with van der Waals surface area (Å²) < 4.78 is 18.9. The third kappa shape index (κ3) is 5.84. The molecule has 0 aliphatic heterocycles. The van der Waals surface area contributed by atoms with Crippen molar-refractivity contribution in [3.8, 4) is 11.5 Å². The minimum Gasteiger partial charge on any atom is -0.455 e. The molecule has 0 heterocycles. The molecule has 1 amide bonds. The van der Waals surface area contributed by atoms with Crippen LogP contribution >= 0.6 is 23.2 Å². The molecular weight excluding hydrogens is 394 g/mol. The molecule has 2 rings (SSSR count). The van der Waals surface area contributed by atoms with Gasteiger partial charge in [0, 0.05) is 29.9 Å². The molecule has 0 aliphatic rings. The summed E-state index contributed by atoms with van der Waals surface area (Å²) in [5.41, 5.74) is 0.416. The lowest BCUT2D eigenvalue weighted by molar-refractivity contribution is -0.104. The normalized spacial score (nSPS) is 11.3. The fraction of sp³-hybridized carbons (Fsp3) is 0.0526. The number of amides is 1. The van der Waals surface area contributed by atoms with Gasteiger partial charge in [-0.1, -0.05) is 23.2 Å². The van der Waals surface area contributed by atoms with Crippen molar-refractivity contribution in [3.63, 3.8) is 0 Å². The maximum Gasteiger partial charge on any atom is 0.259 e. The Morgan fingerprint density at radius 2 is 1.93 bits per heavy atom. The van der Waals surface area contributed by atoms with Crippen LogP contribution in [0.5, 0.6) is 11.5 Å². The van der Waals surface area contributed by atoms with Crippen LogP contribution in [0.2, 0.25) is 10.0 Å². The van der Waals surface area contributed by atoms with Crippen molar-refractivity contribution in [3.05, 3.63) is 81.9 Å². The van der Waals surface area contributed by atoms with Gasteiger partial charge >= 0.3 is 0 Å². The third-order valence-corrected chi connectivity index (χ3v) is 3.77. The fourth-order valence-electron chi connectivity index (χ4n) is 2.03. The fourth-order valence-corrected chi connectivity index (χ4v) is 2.40. The quantitative estimate of drug-likeness (QED) is 0.402. The number of hydrogen-bond acceptors (Lipinski definition) is 4. The number of rotatable bonds is 7. The molecule has 0 unspecified atom stereocenters. The number of carbonyl (C=O) groups excluding carboxylic acids is 2. The van der Waals surface area contributed by atoms with E-state index in [4.69, 9.17) is 27.9 Å². The molecule has 2 N–H and O–H groups in total. The second-order valence-corrected chi connectivity index (χ2v) is 6.00. The Labute approximate surface area is 165 Å². The molecule has 0 aromatic heterocycles. The summed E-state index contributed by atoms with van der Waals surface area (Å²) in [5, 5.41) is 5.72. The summed E-state index contributed by atoms with van der Waals surface area (Å²) in [6, 6.07) is 8.02. The van der Waals surface area contributed by atoms with E-state index in [1.807, 2.05) is 0 Å². The molecule has 0 bridgehead atoms. The molecule has 0 saturated heterocycles. The number of aldehydes is 1. The van der Waals surface area contributed by atoms with Crippen molar-refractivity contribution in [2.45, 2.75) is 0 Å². The van der Waals surface area contributed by atoms with E-state index in [0.29, 0.717) is 11.3 Å². The van der Waals surface area contributed by atoms with E-state index in [1.165, 1.54) is 42.5 Å². The van der Waals surface area contributed by atoms with E-state index in [0.717, 1.165) is 6.07 Å². The Morgan fingerprint density at radius 3 is 2.59 bits per heavy atom. The Balaban J connectivity index is 2.34. The average Bonchev–Trinajstić information content (AvgIpc) is 2.62. The Kier molecular flexibility index (Phi) is 7.40. The van der Waals surface area contributed by atoms with Gasteiger partial charge in [-0.3, -0.25) is 9.59 Å². The van der Waals surface area contributed by atoms with Crippen LogP contribution in [-0.2, 0) is 4.79 Å². The summed E-state index contributed by atoms with van der Waals surface area (Å²) >= 11 is 12.0. The van der Waals surface area contributed by atoms with E-state index < -0.39 is 11.7 Å². The van der Waals surface area contributed by atoms with E-state index >= 15 is 0 Å². The molecule has 0 saturated carbocycles. The maximum atomic E-state index is 13.2. The number of benzene rings is 2. The van der Waals surface area contributed by atoms with Gasteiger partial charge in [0.25, 0.3) is 5.91 Å². The van der Waals surface area contributed by atoms with Gasteiger partial charge in [0.2, 0.25) is 0 Å². The minimum atomic E-state index is -0.534. The number of ether oxygens (including phenoxy) is 1. The summed E-state index contributed by atoms with van der Waals surface area (Å²) in [5.74, 6) is -0.769. The zero-order chi connectivity index (χ0) is 19.8. The highest BCUT2D eigenvalue weighted by atomic mass is 35.5. The predicted octanol–water partition coefficient (Wildman–Crippen LogP) is 4.47. The standard InChI is InChI=1S/C19H15Cl2FN2O3/c1-23-8-6-14(7-9-25)24-19(26)15-4-2-12(20)10-18(15)27-17-5-3-13(22)11-16(17)21/h2-11,23H,1H3,(H,24,26)/b8-6-,14-7+. The van der Waals surface area contributed by atoms with Crippen LogP contribution in [0.25, 0.3) is 0 Å². The molecule has 0 aliphatic carbocycles.